The van der Waals surface area contributed by atoms with Crippen molar-refractivity contribution in [3.05, 3.63) is 81.2 Å². The summed E-state index contributed by atoms with van der Waals surface area (Å²) in [6.45, 7) is 27.3. The molecule has 2 aromatic rings. The molecule has 0 spiro atoms. The van der Waals surface area contributed by atoms with Gasteiger partial charge in [0.15, 0.2) is 0 Å². The number of benzene rings is 1. The smallest absolute Gasteiger partial charge is 0.668 e. The molecule has 0 amide bonds. The van der Waals surface area contributed by atoms with E-state index in [1.165, 1.54) is 11.1 Å². The predicted octanol–water partition coefficient (Wildman–Crippen LogP) is 9.93. The van der Waals surface area contributed by atoms with Crippen LogP contribution in [-0.2, 0) is 23.6 Å². The molecule has 36 heavy (non-hydrogen) atoms. The molecule has 1 aromatic carbocycles. The van der Waals surface area contributed by atoms with E-state index >= 15 is 0 Å². The molecule has 0 radical (unpaired) electrons. The van der Waals surface area contributed by atoms with Gasteiger partial charge in [0.05, 0.1) is 12.2 Å². The summed E-state index contributed by atoms with van der Waals surface area (Å²) in [4.78, 5) is 8.92. The summed E-state index contributed by atoms with van der Waals surface area (Å²) in [5.41, 5.74) is 6.62. The van der Waals surface area contributed by atoms with Crippen LogP contribution in [0, 0.1) is 0 Å². The van der Waals surface area contributed by atoms with Crippen molar-refractivity contribution in [2.75, 3.05) is 0 Å². The Morgan fingerprint density at radius 1 is 0.861 bits per heavy atom. The van der Waals surface area contributed by atoms with Crippen molar-refractivity contribution in [3.63, 3.8) is 0 Å². The van der Waals surface area contributed by atoms with Crippen molar-refractivity contribution in [2.24, 2.45) is 4.99 Å². The van der Waals surface area contributed by atoms with E-state index < -0.39 is 16.5 Å². The van der Waals surface area contributed by atoms with E-state index in [0.717, 1.165) is 22.8 Å². The molecule has 0 aliphatic heterocycles. The number of pyridine rings is 1. The topological polar surface area (TPSA) is 53.5 Å². The maximum absolute atomic E-state index is 4.96. The molecule has 200 valence electrons. The van der Waals surface area contributed by atoms with E-state index in [2.05, 4.69) is 95.2 Å². The van der Waals surface area contributed by atoms with Crippen molar-refractivity contribution in [1.82, 2.24) is 4.98 Å². The normalized spacial score (nSPS) is 12.7. The molecule has 0 N–H and O–H groups in total. The Hall–Kier alpha value is -1.51. The minimum Gasteiger partial charge on any atom is -0.668 e. The van der Waals surface area contributed by atoms with Crippen LogP contribution in [0.15, 0.2) is 59.4 Å². The van der Waals surface area contributed by atoms with Gasteiger partial charge in [-0.3, -0.25) is 9.98 Å². The van der Waals surface area contributed by atoms with Crippen LogP contribution >= 0.6 is 0 Å². The maximum atomic E-state index is 4.96. The van der Waals surface area contributed by atoms with E-state index in [1.54, 1.807) is 6.20 Å². The number of nitrogens with zero attached hydrogens (tertiary/aromatic N) is 4. The fraction of sp³-hybridized carbons (Fsp3) is 0.517. The largest absolute Gasteiger partial charge is 2.00 e. The summed E-state index contributed by atoms with van der Waals surface area (Å²) in [6.07, 6.45) is 3.84. The quantitative estimate of drug-likeness (QED) is 0.221. The first-order valence-electron chi connectivity index (χ1n) is 12.8. The number of aromatic nitrogens is 1. The Morgan fingerprint density at radius 2 is 1.39 bits per heavy atom. The van der Waals surface area contributed by atoms with E-state index in [9.17, 15) is 0 Å². The molecule has 0 saturated carbocycles. The van der Waals surface area contributed by atoms with Gasteiger partial charge in [0.25, 0.3) is 0 Å². The van der Waals surface area contributed by atoms with Gasteiger partial charge in [-0.1, -0.05) is 132 Å². The second-order valence-corrected chi connectivity index (χ2v) is 21.3. The third-order valence-corrected chi connectivity index (χ3v) is 10.3. The molecule has 0 aliphatic rings. The Balaban J connectivity index is 0.00000105. The summed E-state index contributed by atoms with van der Waals surface area (Å²) >= 11 is 0. The number of rotatable bonds is 9. The molecule has 1 aromatic heterocycles. The number of hydrogen-bond acceptors (Lipinski definition) is 2. The van der Waals surface area contributed by atoms with Gasteiger partial charge in [-0.25, -0.2) is 0 Å². The van der Waals surface area contributed by atoms with Gasteiger partial charge in [-0.15, -0.1) is 5.69 Å². The van der Waals surface area contributed by atoms with Crippen molar-refractivity contribution in [3.8, 4) is 0 Å². The minimum absolute atomic E-state index is 0. The van der Waals surface area contributed by atoms with Crippen LogP contribution in [-0.4, -0.2) is 27.2 Å². The van der Waals surface area contributed by atoms with Gasteiger partial charge >= 0.3 is 17.1 Å². The van der Waals surface area contributed by atoms with Crippen LogP contribution in [0.4, 0.5) is 5.69 Å². The van der Waals surface area contributed by atoms with Gasteiger partial charge in [0, 0.05) is 11.9 Å². The van der Waals surface area contributed by atoms with Gasteiger partial charge in [-0.2, -0.15) is 5.70 Å². The standard InChI is InChI=1S/C23H30N3.C6H18NSi2.Fe/c1-16(2)21-11-9-12-22(17(3)4)23(21)26-19(6)14-18(5)25-15-20-10-7-8-13-24-20;1-8(2,3)7-9(4,5)6;/h7-14,16-17H,15H2,1-6H3;1-6H3;/q2*-1;+2/b19-14-,25-18?;;. The monoisotopic (exact) mass is 564 g/mol. The number of para-hydroxylation sites is 1. The van der Waals surface area contributed by atoms with Crippen molar-refractivity contribution in [1.29, 1.82) is 0 Å². The van der Waals surface area contributed by atoms with Crippen LogP contribution in [0.2, 0.25) is 39.3 Å². The van der Waals surface area contributed by atoms with Crippen molar-refractivity contribution < 1.29 is 17.1 Å². The zero-order valence-corrected chi connectivity index (χ0v) is 27.7. The molecule has 4 nitrogen and oxygen atoms in total. The number of allylic oxidation sites excluding steroid dienone is 2. The molecule has 7 heteroatoms. The molecule has 0 saturated heterocycles. The van der Waals surface area contributed by atoms with Crippen LogP contribution in [0.25, 0.3) is 9.96 Å². The average Bonchev–Trinajstić information content (AvgIpc) is 2.70. The van der Waals surface area contributed by atoms with Gasteiger partial charge in [-0.05, 0) is 30.9 Å². The predicted molar refractivity (Wildman–Crippen MR) is 162 cm³/mol. The third-order valence-electron chi connectivity index (χ3n) is 4.94. The maximum Gasteiger partial charge on any atom is 2.00 e. The molecular weight excluding hydrogens is 516 g/mol. The number of aliphatic imine (C=N–C) groups is 1. The molecule has 0 aliphatic carbocycles. The Kier molecular flexibility index (Phi) is 15.0. The first-order chi connectivity index (χ1) is 16.1. The fourth-order valence-electron chi connectivity index (χ4n) is 3.90. The second kappa shape index (κ2) is 15.7. The van der Waals surface area contributed by atoms with Crippen LogP contribution in [0.5, 0.6) is 0 Å². The van der Waals surface area contributed by atoms with Crippen LogP contribution < -0.4 is 0 Å². The molecule has 0 bridgehead atoms. The van der Waals surface area contributed by atoms with E-state index in [0.29, 0.717) is 18.4 Å². The van der Waals surface area contributed by atoms with E-state index in [-0.39, 0.29) is 17.1 Å². The molecule has 1 heterocycles. The first kappa shape index (κ1) is 34.5. The Morgan fingerprint density at radius 3 is 1.78 bits per heavy atom. The van der Waals surface area contributed by atoms with Crippen molar-refractivity contribution >= 4 is 27.9 Å². The summed E-state index contributed by atoms with van der Waals surface area (Å²) in [7, 11) is -2.21. The minimum atomic E-state index is -1.11. The zero-order chi connectivity index (χ0) is 26.8. The van der Waals surface area contributed by atoms with E-state index in [1.807, 2.05) is 38.1 Å². The van der Waals surface area contributed by atoms with Crippen LogP contribution in [0.3, 0.4) is 0 Å². The molecule has 2 rings (SSSR count). The molecule has 0 fully saturated rings. The van der Waals surface area contributed by atoms with E-state index in [4.69, 9.17) is 9.96 Å². The van der Waals surface area contributed by atoms with Crippen LogP contribution in [0.1, 0.15) is 70.2 Å². The second-order valence-electron chi connectivity index (χ2n) is 11.7. The van der Waals surface area contributed by atoms with Gasteiger partial charge in [0.2, 0.25) is 0 Å². The number of hydrogen-bond donors (Lipinski definition) is 0. The molecule has 0 atom stereocenters. The SMILES string of the molecule is CC(/C=C(/C)[N-]c1c(C(C)C)cccc1C(C)C)=NCc1ccccn1.C[Si](C)(C)[N-][Si](C)(C)C.[Fe+2]. The third kappa shape index (κ3) is 14.3. The fourth-order valence-corrected chi connectivity index (χ4v) is 12.0. The zero-order valence-electron chi connectivity index (χ0n) is 24.6. The molecular formula is C29H48FeN4Si2. The summed E-state index contributed by atoms with van der Waals surface area (Å²) in [5, 5.41) is 4.96. The summed E-state index contributed by atoms with van der Waals surface area (Å²) in [6, 6.07) is 12.4. The van der Waals surface area contributed by atoms with Crippen molar-refractivity contribution in [2.45, 2.75) is 99.2 Å². The van der Waals surface area contributed by atoms with Gasteiger partial charge in [0.1, 0.15) is 0 Å². The average molecular weight is 565 g/mol. The Bertz CT molecular complexity index is 935. The first-order valence-corrected chi connectivity index (χ1v) is 19.7. The summed E-state index contributed by atoms with van der Waals surface area (Å²) in [5.74, 6) is 0.887. The van der Waals surface area contributed by atoms with Gasteiger partial charge < -0.3 is 9.96 Å². The Labute approximate surface area is 234 Å². The summed E-state index contributed by atoms with van der Waals surface area (Å²) < 4.78 is 4.82. The molecule has 0 unspecified atom stereocenters.